The standard InChI is InChI=1S/C18H26N2S/c1-6-9-15-16(12-19-18(3,4)5)21-17(20-15)14-11-8-7-10-13(14)2/h7-8,10-11,19H,6,9,12H2,1-5H3. The molecule has 2 nitrogen and oxygen atoms in total. The zero-order chi connectivity index (χ0) is 15.5. The molecule has 0 aliphatic rings. The van der Waals surface area contributed by atoms with Gasteiger partial charge >= 0.3 is 0 Å². The summed E-state index contributed by atoms with van der Waals surface area (Å²) in [6.45, 7) is 11.9. The molecule has 0 radical (unpaired) electrons. The molecule has 1 heterocycles. The fraction of sp³-hybridized carbons (Fsp3) is 0.500. The summed E-state index contributed by atoms with van der Waals surface area (Å²) in [6.07, 6.45) is 2.20. The Hall–Kier alpha value is -1.19. The zero-order valence-corrected chi connectivity index (χ0v) is 14.6. The van der Waals surface area contributed by atoms with E-state index in [1.54, 1.807) is 0 Å². The van der Waals surface area contributed by atoms with Crippen molar-refractivity contribution in [2.24, 2.45) is 0 Å². The van der Waals surface area contributed by atoms with Crippen molar-refractivity contribution in [3.05, 3.63) is 40.4 Å². The van der Waals surface area contributed by atoms with Crippen molar-refractivity contribution in [3.63, 3.8) is 0 Å². The summed E-state index contributed by atoms with van der Waals surface area (Å²) in [7, 11) is 0. The van der Waals surface area contributed by atoms with Crippen molar-refractivity contribution in [2.75, 3.05) is 0 Å². The number of hydrogen-bond acceptors (Lipinski definition) is 3. The molecule has 1 aromatic carbocycles. The average molecular weight is 302 g/mol. The van der Waals surface area contributed by atoms with Crippen LogP contribution in [0.4, 0.5) is 0 Å². The molecule has 0 unspecified atom stereocenters. The van der Waals surface area contributed by atoms with E-state index in [1.807, 2.05) is 11.3 Å². The smallest absolute Gasteiger partial charge is 0.124 e. The number of hydrogen-bond donors (Lipinski definition) is 1. The van der Waals surface area contributed by atoms with Crippen LogP contribution in [0.2, 0.25) is 0 Å². The van der Waals surface area contributed by atoms with Crippen molar-refractivity contribution in [3.8, 4) is 10.6 Å². The Balaban J connectivity index is 2.30. The first-order valence-electron chi connectivity index (χ1n) is 7.70. The van der Waals surface area contributed by atoms with E-state index >= 15 is 0 Å². The van der Waals surface area contributed by atoms with Crippen molar-refractivity contribution < 1.29 is 0 Å². The van der Waals surface area contributed by atoms with E-state index in [4.69, 9.17) is 4.98 Å². The highest BCUT2D eigenvalue weighted by Crippen LogP contribution is 2.31. The van der Waals surface area contributed by atoms with E-state index in [0.29, 0.717) is 0 Å². The second kappa shape index (κ2) is 6.71. The number of aromatic nitrogens is 1. The normalized spacial score (nSPS) is 11.9. The van der Waals surface area contributed by atoms with Crippen LogP contribution in [-0.2, 0) is 13.0 Å². The Morgan fingerprint density at radius 2 is 1.90 bits per heavy atom. The second-order valence-corrected chi connectivity index (χ2v) is 7.64. The van der Waals surface area contributed by atoms with Crippen LogP contribution in [-0.4, -0.2) is 10.5 Å². The number of nitrogens with zero attached hydrogens (tertiary/aromatic N) is 1. The summed E-state index contributed by atoms with van der Waals surface area (Å²) >= 11 is 1.83. The molecular weight excluding hydrogens is 276 g/mol. The van der Waals surface area contributed by atoms with Gasteiger partial charge in [-0.1, -0.05) is 37.6 Å². The molecule has 1 aromatic heterocycles. The van der Waals surface area contributed by atoms with Crippen LogP contribution in [0.3, 0.4) is 0 Å². The van der Waals surface area contributed by atoms with E-state index in [9.17, 15) is 0 Å². The molecule has 2 aromatic rings. The Morgan fingerprint density at radius 3 is 2.52 bits per heavy atom. The lowest BCUT2D eigenvalue weighted by atomic mass is 10.1. The number of aryl methyl sites for hydroxylation is 2. The third-order valence-corrected chi connectivity index (χ3v) is 4.55. The number of thiazole rings is 1. The van der Waals surface area contributed by atoms with E-state index in [-0.39, 0.29) is 5.54 Å². The van der Waals surface area contributed by atoms with Crippen molar-refractivity contribution >= 4 is 11.3 Å². The molecule has 1 N–H and O–H groups in total. The van der Waals surface area contributed by atoms with Crippen LogP contribution >= 0.6 is 11.3 Å². The minimum atomic E-state index is 0.135. The quantitative estimate of drug-likeness (QED) is 0.844. The minimum absolute atomic E-state index is 0.135. The maximum Gasteiger partial charge on any atom is 0.124 e. The van der Waals surface area contributed by atoms with Gasteiger partial charge in [0.05, 0.1) is 5.69 Å². The van der Waals surface area contributed by atoms with Gasteiger partial charge in [0.15, 0.2) is 0 Å². The molecule has 2 rings (SSSR count). The Morgan fingerprint density at radius 1 is 1.19 bits per heavy atom. The third kappa shape index (κ3) is 4.39. The minimum Gasteiger partial charge on any atom is -0.307 e. The molecule has 0 bridgehead atoms. The Kier molecular flexibility index (Phi) is 5.17. The van der Waals surface area contributed by atoms with Crippen molar-refractivity contribution in [2.45, 2.75) is 59.5 Å². The van der Waals surface area contributed by atoms with Gasteiger partial charge in [-0.25, -0.2) is 4.98 Å². The van der Waals surface area contributed by atoms with E-state index in [1.165, 1.54) is 21.7 Å². The molecule has 0 saturated carbocycles. The predicted octanol–water partition coefficient (Wildman–Crippen LogP) is 4.96. The van der Waals surface area contributed by atoms with Crippen LogP contribution in [0.1, 0.15) is 50.3 Å². The molecule has 0 amide bonds. The fourth-order valence-electron chi connectivity index (χ4n) is 2.23. The zero-order valence-electron chi connectivity index (χ0n) is 13.8. The summed E-state index contributed by atoms with van der Waals surface area (Å²) in [5.41, 5.74) is 3.96. The highest BCUT2D eigenvalue weighted by atomic mass is 32.1. The molecule has 0 aliphatic heterocycles. The number of nitrogens with one attached hydrogen (secondary N) is 1. The van der Waals surface area contributed by atoms with Crippen LogP contribution in [0.15, 0.2) is 24.3 Å². The van der Waals surface area contributed by atoms with Crippen LogP contribution in [0.25, 0.3) is 10.6 Å². The maximum absolute atomic E-state index is 4.91. The molecule has 114 valence electrons. The Labute approximate surface area is 132 Å². The fourth-order valence-corrected chi connectivity index (χ4v) is 3.37. The maximum atomic E-state index is 4.91. The van der Waals surface area contributed by atoms with Gasteiger partial charge in [-0.15, -0.1) is 11.3 Å². The first kappa shape index (κ1) is 16.2. The van der Waals surface area contributed by atoms with Crippen molar-refractivity contribution in [1.82, 2.24) is 10.3 Å². The molecule has 0 atom stereocenters. The Bertz CT molecular complexity index is 594. The van der Waals surface area contributed by atoms with Gasteiger partial charge < -0.3 is 5.32 Å². The molecule has 0 spiro atoms. The first-order valence-corrected chi connectivity index (χ1v) is 8.52. The van der Waals surface area contributed by atoms with Gasteiger partial charge in [0.25, 0.3) is 0 Å². The predicted molar refractivity (Wildman–Crippen MR) is 92.9 cm³/mol. The molecule has 0 fully saturated rings. The van der Waals surface area contributed by atoms with Gasteiger partial charge in [0, 0.05) is 22.5 Å². The van der Waals surface area contributed by atoms with Gasteiger partial charge in [-0.2, -0.15) is 0 Å². The summed E-state index contributed by atoms with van der Waals surface area (Å²) in [5.74, 6) is 0. The summed E-state index contributed by atoms with van der Waals surface area (Å²) in [6, 6.07) is 8.51. The van der Waals surface area contributed by atoms with Crippen LogP contribution in [0, 0.1) is 6.92 Å². The van der Waals surface area contributed by atoms with E-state index in [2.05, 4.69) is 64.2 Å². The molecule has 3 heteroatoms. The summed E-state index contributed by atoms with van der Waals surface area (Å²) < 4.78 is 0. The van der Waals surface area contributed by atoms with Gasteiger partial charge in [0.1, 0.15) is 5.01 Å². The number of rotatable bonds is 5. The molecule has 0 aliphatic carbocycles. The molecule has 21 heavy (non-hydrogen) atoms. The first-order chi connectivity index (χ1) is 9.90. The van der Waals surface area contributed by atoms with Gasteiger partial charge in [-0.3, -0.25) is 0 Å². The highest BCUT2D eigenvalue weighted by molar-refractivity contribution is 7.15. The van der Waals surface area contributed by atoms with Gasteiger partial charge in [-0.05, 0) is 39.7 Å². The average Bonchev–Trinajstić information content (AvgIpc) is 2.80. The summed E-state index contributed by atoms with van der Waals surface area (Å²) in [5, 5.41) is 4.74. The molecular formula is C18H26N2S. The lowest BCUT2D eigenvalue weighted by Crippen LogP contribution is -2.35. The third-order valence-electron chi connectivity index (χ3n) is 3.42. The molecule has 0 saturated heterocycles. The van der Waals surface area contributed by atoms with Crippen LogP contribution < -0.4 is 5.32 Å². The largest absolute Gasteiger partial charge is 0.307 e. The summed E-state index contributed by atoms with van der Waals surface area (Å²) in [4.78, 5) is 6.29. The van der Waals surface area contributed by atoms with Crippen molar-refractivity contribution in [1.29, 1.82) is 0 Å². The second-order valence-electron chi connectivity index (χ2n) is 6.56. The number of benzene rings is 1. The van der Waals surface area contributed by atoms with E-state index < -0.39 is 0 Å². The highest BCUT2D eigenvalue weighted by Gasteiger charge is 2.15. The van der Waals surface area contributed by atoms with E-state index in [0.717, 1.165) is 24.4 Å². The lowest BCUT2D eigenvalue weighted by molar-refractivity contribution is 0.425. The SMILES string of the molecule is CCCc1nc(-c2ccccc2C)sc1CNC(C)(C)C. The monoisotopic (exact) mass is 302 g/mol. The topological polar surface area (TPSA) is 24.9 Å². The van der Waals surface area contributed by atoms with Gasteiger partial charge in [0.2, 0.25) is 0 Å². The lowest BCUT2D eigenvalue weighted by Gasteiger charge is -2.20. The van der Waals surface area contributed by atoms with Crippen LogP contribution in [0.5, 0.6) is 0 Å².